The van der Waals surface area contributed by atoms with Crippen LogP contribution in [0.2, 0.25) is 0 Å². The van der Waals surface area contributed by atoms with Gasteiger partial charge in [0.25, 0.3) is 0 Å². The lowest BCUT2D eigenvalue weighted by molar-refractivity contribution is 0.176. The number of aryl methyl sites for hydroxylation is 1. The Labute approximate surface area is 199 Å². The summed E-state index contributed by atoms with van der Waals surface area (Å²) in [6, 6.07) is 24.8. The van der Waals surface area contributed by atoms with Crippen LogP contribution in [0.15, 0.2) is 79.0 Å². The average Bonchev–Trinajstić information content (AvgIpc) is 3.60. The largest absolute Gasteiger partial charge is 0.335 e. The van der Waals surface area contributed by atoms with Crippen LogP contribution in [0, 0.1) is 6.92 Å². The number of aromatic nitrogens is 3. The fourth-order valence-corrected chi connectivity index (χ4v) is 5.46. The van der Waals surface area contributed by atoms with Gasteiger partial charge in [0.1, 0.15) is 5.82 Å². The van der Waals surface area contributed by atoms with Crippen LogP contribution in [0.1, 0.15) is 54.2 Å². The van der Waals surface area contributed by atoms with Crippen molar-refractivity contribution in [3.05, 3.63) is 102 Å². The summed E-state index contributed by atoms with van der Waals surface area (Å²) >= 11 is 0. The van der Waals surface area contributed by atoms with Gasteiger partial charge in [0, 0.05) is 17.8 Å². The van der Waals surface area contributed by atoms with E-state index in [1.807, 2.05) is 52.9 Å². The molecule has 6 rings (SSSR count). The molecule has 0 bridgehead atoms. The van der Waals surface area contributed by atoms with E-state index in [0.717, 1.165) is 46.9 Å². The quantitative estimate of drug-likeness (QED) is 0.445. The summed E-state index contributed by atoms with van der Waals surface area (Å²) in [6.07, 6.45) is 6.57. The van der Waals surface area contributed by atoms with Crippen molar-refractivity contribution in [1.29, 1.82) is 0 Å². The van der Waals surface area contributed by atoms with Gasteiger partial charge in [-0.3, -0.25) is 0 Å². The Balaban J connectivity index is 1.53. The Kier molecular flexibility index (Phi) is 5.21. The summed E-state index contributed by atoms with van der Waals surface area (Å²) in [5.74, 6) is 1.00. The first-order valence-corrected chi connectivity index (χ1v) is 12.1. The second kappa shape index (κ2) is 8.52. The fourth-order valence-electron chi connectivity index (χ4n) is 5.46. The van der Waals surface area contributed by atoms with Gasteiger partial charge in [-0.2, -0.15) is 5.10 Å². The number of urea groups is 1. The maximum absolute atomic E-state index is 13.8. The molecular formula is C28H29N5O. The first-order valence-electron chi connectivity index (χ1n) is 12.1. The molecule has 0 saturated heterocycles. The minimum absolute atomic E-state index is 0.00628. The predicted molar refractivity (Wildman–Crippen MR) is 132 cm³/mol. The summed E-state index contributed by atoms with van der Waals surface area (Å²) in [6.45, 7) is 2.53. The highest BCUT2D eigenvalue weighted by atomic mass is 16.2. The Morgan fingerprint density at radius 1 is 0.941 bits per heavy atom. The summed E-state index contributed by atoms with van der Waals surface area (Å²) in [4.78, 5) is 15.8. The van der Waals surface area contributed by atoms with Crippen LogP contribution >= 0.6 is 0 Å². The second-order valence-corrected chi connectivity index (χ2v) is 9.31. The van der Waals surface area contributed by atoms with Crippen LogP contribution < -0.4 is 5.32 Å². The number of nitrogens with zero attached hydrogens (tertiary/aromatic N) is 4. The van der Waals surface area contributed by atoms with Crippen molar-refractivity contribution in [2.24, 2.45) is 0 Å². The van der Waals surface area contributed by atoms with Crippen molar-refractivity contribution in [2.45, 2.75) is 51.2 Å². The molecule has 0 radical (unpaired) electrons. The van der Waals surface area contributed by atoms with E-state index < -0.39 is 0 Å². The zero-order valence-electron chi connectivity index (χ0n) is 19.4. The van der Waals surface area contributed by atoms with E-state index in [4.69, 9.17) is 5.10 Å². The molecule has 2 aromatic carbocycles. The third-order valence-electron chi connectivity index (χ3n) is 7.15. The topological polar surface area (TPSA) is 55.1 Å². The van der Waals surface area contributed by atoms with Crippen molar-refractivity contribution in [1.82, 2.24) is 24.6 Å². The maximum Gasteiger partial charge on any atom is 0.318 e. The molecule has 2 aliphatic rings. The first kappa shape index (κ1) is 20.8. The molecule has 1 aliphatic heterocycles. The van der Waals surface area contributed by atoms with Crippen LogP contribution in [-0.2, 0) is 6.54 Å². The molecule has 0 spiro atoms. The molecule has 34 heavy (non-hydrogen) atoms. The van der Waals surface area contributed by atoms with Crippen LogP contribution in [0.25, 0.3) is 11.5 Å². The number of carbonyl (C=O) groups excluding carboxylic acids is 1. The standard InChI is InChI=1S/C28H29N5O/c1-20-24-19-32(28(34)29-22-13-8-9-14-22)26(21-11-4-2-5-12-21)25-17-10-18-31(25)27(24)33(30-20)23-15-6-3-7-16-23/h2-7,10-12,15-18,22,26H,8-9,13-14,19H2,1H3,(H,29,34)/t26-/m0/s1. The van der Waals surface area contributed by atoms with Crippen molar-refractivity contribution in [3.63, 3.8) is 0 Å². The molecule has 6 heteroatoms. The minimum Gasteiger partial charge on any atom is -0.335 e. The lowest BCUT2D eigenvalue weighted by Gasteiger charge is -2.32. The zero-order valence-corrected chi connectivity index (χ0v) is 19.4. The molecule has 1 atom stereocenters. The summed E-state index contributed by atoms with van der Waals surface area (Å²) < 4.78 is 4.22. The highest BCUT2D eigenvalue weighted by Crippen LogP contribution is 2.38. The molecule has 2 amide bonds. The molecule has 1 N–H and O–H groups in total. The highest BCUT2D eigenvalue weighted by Gasteiger charge is 2.36. The van der Waals surface area contributed by atoms with Crippen LogP contribution in [0.3, 0.4) is 0 Å². The monoisotopic (exact) mass is 451 g/mol. The average molecular weight is 452 g/mol. The number of hydrogen-bond donors (Lipinski definition) is 1. The van der Waals surface area contributed by atoms with E-state index in [2.05, 4.69) is 52.5 Å². The first-order chi connectivity index (χ1) is 16.7. The van der Waals surface area contributed by atoms with E-state index in [-0.39, 0.29) is 18.1 Å². The molecule has 172 valence electrons. The van der Waals surface area contributed by atoms with Gasteiger partial charge >= 0.3 is 6.03 Å². The molecule has 2 aromatic heterocycles. The summed E-state index contributed by atoms with van der Waals surface area (Å²) in [5, 5.41) is 8.25. The number of nitrogens with one attached hydrogen (secondary N) is 1. The summed E-state index contributed by atoms with van der Waals surface area (Å²) in [7, 11) is 0. The van der Waals surface area contributed by atoms with Gasteiger partial charge < -0.3 is 14.8 Å². The molecule has 0 unspecified atom stereocenters. The van der Waals surface area contributed by atoms with Gasteiger partial charge in [0.05, 0.1) is 29.7 Å². The highest BCUT2D eigenvalue weighted by molar-refractivity contribution is 5.76. The second-order valence-electron chi connectivity index (χ2n) is 9.31. The van der Waals surface area contributed by atoms with Crippen molar-refractivity contribution < 1.29 is 4.79 Å². The van der Waals surface area contributed by atoms with Crippen molar-refractivity contribution >= 4 is 6.03 Å². The lowest BCUT2D eigenvalue weighted by atomic mass is 10.0. The van der Waals surface area contributed by atoms with Gasteiger partial charge in [-0.25, -0.2) is 9.48 Å². The van der Waals surface area contributed by atoms with Crippen molar-refractivity contribution in [3.8, 4) is 11.5 Å². The third kappa shape index (κ3) is 3.50. The Hall–Kier alpha value is -3.80. The number of para-hydroxylation sites is 1. The Bertz CT molecular complexity index is 1300. The molecule has 1 fully saturated rings. The Morgan fingerprint density at radius 3 is 2.38 bits per heavy atom. The van der Waals surface area contributed by atoms with Crippen LogP contribution in [0.4, 0.5) is 4.79 Å². The zero-order chi connectivity index (χ0) is 23.1. The van der Waals surface area contributed by atoms with Gasteiger partial charge in [-0.1, -0.05) is 61.4 Å². The van der Waals surface area contributed by atoms with Crippen LogP contribution in [-0.4, -0.2) is 31.3 Å². The van der Waals surface area contributed by atoms with E-state index >= 15 is 0 Å². The number of benzene rings is 2. The van der Waals surface area contributed by atoms with E-state index in [1.54, 1.807) is 0 Å². The number of hydrogen-bond acceptors (Lipinski definition) is 2. The molecular weight excluding hydrogens is 422 g/mol. The molecule has 1 saturated carbocycles. The van der Waals surface area contributed by atoms with Gasteiger partial charge in [0.15, 0.2) is 0 Å². The van der Waals surface area contributed by atoms with Gasteiger partial charge in [0.2, 0.25) is 0 Å². The third-order valence-corrected chi connectivity index (χ3v) is 7.15. The smallest absolute Gasteiger partial charge is 0.318 e. The lowest BCUT2D eigenvalue weighted by Crippen LogP contribution is -2.45. The maximum atomic E-state index is 13.8. The predicted octanol–water partition coefficient (Wildman–Crippen LogP) is 5.53. The van der Waals surface area contributed by atoms with Crippen molar-refractivity contribution in [2.75, 3.05) is 0 Å². The van der Waals surface area contributed by atoms with E-state index in [0.29, 0.717) is 6.54 Å². The van der Waals surface area contributed by atoms with Gasteiger partial charge in [-0.15, -0.1) is 0 Å². The Morgan fingerprint density at radius 2 is 1.65 bits per heavy atom. The molecule has 4 aromatic rings. The minimum atomic E-state index is -0.200. The van der Waals surface area contributed by atoms with Crippen LogP contribution in [0.5, 0.6) is 0 Å². The number of amides is 2. The molecule has 6 nitrogen and oxygen atoms in total. The van der Waals surface area contributed by atoms with E-state index in [9.17, 15) is 4.79 Å². The summed E-state index contributed by atoms with van der Waals surface area (Å²) in [5.41, 5.74) is 5.17. The number of carbonyl (C=O) groups is 1. The SMILES string of the molecule is Cc1nn(-c2ccccc2)c2c1CN(C(=O)NC1CCCC1)[C@@H](c1ccccc1)c1cccn1-2. The molecule has 1 aliphatic carbocycles. The number of rotatable bonds is 3. The number of fused-ring (bicyclic) bond motifs is 3. The van der Waals surface area contributed by atoms with Gasteiger partial charge in [-0.05, 0) is 49.6 Å². The fraction of sp³-hybridized carbons (Fsp3) is 0.286. The normalized spacial score (nSPS) is 17.8. The molecule has 3 heterocycles. The van der Waals surface area contributed by atoms with E-state index in [1.165, 1.54) is 12.8 Å².